The van der Waals surface area contributed by atoms with Crippen LogP contribution in [0.1, 0.15) is 36.4 Å². The van der Waals surface area contributed by atoms with Crippen molar-refractivity contribution in [3.05, 3.63) is 53.6 Å². The lowest BCUT2D eigenvalue weighted by atomic mass is 10.0. The number of benzene rings is 2. The van der Waals surface area contributed by atoms with Crippen molar-refractivity contribution in [1.82, 2.24) is 4.90 Å². The summed E-state index contributed by atoms with van der Waals surface area (Å²) in [6.45, 7) is 1.97. The van der Waals surface area contributed by atoms with E-state index in [4.69, 9.17) is 14.2 Å². The summed E-state index contributed by atoms with van der Waals surface area (Å²) >= 11 is 0. The van der Waals surface area contributed by atoms with Gasteiger partial charge in [-0.05, 0) is 48.6 Å². The molecule has 0 aliphatic carbocycles. The maximum atomic E-state index is 12.9. The van der Waals surface area contributed by atoms with Crippen molar-refractivity contribution in [2.45, 2.75) is 31.7 Å². The minimum Gasteiger partial charge on any atom is -0.496 e. The zero-order chi connectivity index (χ0) is 18.6. The molecular formula is C22H25NO4. The van der Waals surface area contributed by atoms with Gasteiger partial charge in [0, 0.05) is 13.0 Å². The highest BCUT2D eigenvalue weighted by Crippen LogP contribution is 2.38. The number of amides is 1. The standard InChI is InChI=1S/C22H25NO4/c1-25-19-7-3-2-5-16(19)9-11-22(24)23-12-4-6-18(23)17-8-10-20-21(15-17)27-14-13-26-20/h2-3,5,7-8,10,15,18H,4,6,9,11-14H2,1H3. The molecule has 1 saturated heterocycles. The van der Waals surface area contributed by atoms with Crippen LogP contribution in [-0.2, 0) is 11.2 Å². The fraction of sp³-hybridized carbons (Fsp3) is 0.409. The van der Waals surface area contributed by atoms with Crippen LogP contribution in [-0.4, -0.2) is 37.7 Å². The quantitative estimate of drug-likeness (QED) is 0.807. The molecule has 1 unspecified atom stereocenters. The summed E-state index contributed by atoms with van der Waals surface area (Å²) in [6.07, 6.45) is 3.19. The van der Waals surface area contributed by atoms with Gasteiger partial charge in [0.2, 0.25) is 5.91 Å². The van der Waals surface area contributed by atoms with Gasteiger partial charge in [0.25, 0.3) is 0 Å². The zero-order valence-electron chi connectivity index (χ0n) is 15.6. The lowest BCUT2D eigenvalue weighted by molar-refractivity contribution is -0.132. The van der Waals surface area contributed by atoms with Crippen LogP contribution in [0.2, 0.25) is 0 Å². The molecule has 2 aliphatic rings. The molecule has 0 bridgehead atoms. The Balaban J connectivity index is 1.45. The minimum atomic E-state index is 0.117. The van der Waals surface area contributed by atoms with E-state index in [1.54, 1.807) is 7.11 Å². The number of fused-ring (bicyclic) bond motifs is 1. The van der Waals surface area contributed by atoms with Gasteiger partial charge in [-0.25, -0.2) is 0 Å². The van der Waals surface area contributed by atoms with Crippen LogP contribution < -0.4 is 14.2 Å². The maximum absolute atomic E-state index is 12.9. The number of methoxy groups -OCH3 is 1. The van der Waals surface area contributed by atoms with Gasteiger partial charge < -0.3 is 19.1 Å². The predicted molar refractivity (Wildman–Crippen MR) is 102 cm³/mol. The normalized spacial score (nSPS) is 18.4. The third-order valence-corrected chi connectivity index (χ3v) is 5.32. The summed E-state index contributed by atoms with van der Waals surface area (Å²) in [6, 6.07) is 14.1. The number of hydrogen-bond acceptors (Lipinski definition) is 4. The van der Waals surface area contributed by atoms with Crippen molar-refractivity contribution < 1.29 is 19.0 Å². The summed E-state index contributed by atoms with van der Waals surface area (Å²) in [4.78, 5) is 14.9. The van der Waals surface area contributed by atoms with Crippen LogP contribution in [0.15, 0.2) is 42.5 Å². The number of aryl methyl sites for hydroxylation is 1. The Labute approximate surface area is 159 Å². The van der Waals surface area contributed by atoms with Crippen molar-refractivity contribution in [2.75, 3.05) is 26.9 Å². The molecule has 2 aromatic carbocycles. The molecule has 5 nitrogen and oxygen atoms in total. The number of para-hydroxylation sites is 1. The van der Waals surface area contributed by atoms with E-state index in [1.165, 1.54) is 0 Å². The van der Waals surface area contributed by atoms with Gasteiger partial charge in [0.15, 0.2) is 11.5 Å². The maximum Gasteiger partial charge on any atom is 0.223 e. The van der Waals surface area contributed by atoms with Crippen LogP contribution in [0.5, 0.6) is 17.2 Å². The monoisotopic (exact) mass is 367 g/mol. The van der Waals surface area contributed by atoms with Crippen molar-refractivity contribution in [3.63, 3.8) is 0 Å². The molecule has 1 atom stereocenters. The summed E-state index contributed by atoms with van der Waals surface area (Å²) in [5, 5.41) is 0. The molecule has 1 fully saturated rings. The molecule has 5 heteroatoms. The van der Waals surface area contributed by atoms with E-state index in [0.29, 0.717) is 26.1 Å². The molecule has 0 radical (unpaired) electrons. The van der Waals surface area contributed by atoms with Gasteiger partial charge in [-0.2, -0.15) is 0 Å². The Bertz CT molecular complexity index is 820. The first kappa shape index (κ1) is 17.7. The molecule has 2 aromatic rings. The highest BCUT2D eigenvalue weighted by molar-refractivity contribution is 5.77. The Hall–Kier alpha value is -2.69. The first-order valence-corrected chi connectivity index (χ1v) is 9.57. The van der Waals surface area contributed by atoms with E-state index in [-0.39, 0.29) is 11.9 Å². The Morgan fingerprint density at radius 2 is 1.96 bits per heavy atom. The van der Waals surface area contributed by atoms with E-state index >= 15 is 0 Å². The predicted octanol–water partition coefficient (Wildman–Crippen LogP) is 3.76. The van der Waals surface area contributed by atoms with E-state index in [1.807, 2.05) is 41.3 Å². The topological polar surface area (TPSA) is 48.0 Å². The highest BCUT2D eigenvalue weighted by atomic mass is 16.6. The number of hydrogen-bond donors (Lipinski definition) is 0. The number of rotatable bonds is 5. The summed E-state index contributed by atoms with van der Waals surface area (Å²) in [5.74, 6) is 2.61. The molecule has 0 spiro atoms. The first-order chi connectivity index (χ1) is 13.3. The van der Waals surface area contributed by atoms with Gasteiger partial charge >= 0.3 is 0 Å². The number of likely N-dealkylation sites (tertiary alicyclic amines) is 1. The van der Waals surface area contributed by atoms with Gasteiger partial charge in [0.05, 0.1) is 13.2 Å². The third kappa shape index (κ3) is 3.72. The second-order valence-corrected chi connectivity index (χ2v) is 6.96. The van der Waals surface area contributed by atoms with Crippen LogP contribution in [0.4, 0.5) is 0 Å². The molecule has 1 amide bonds. The van der Waals surface area contributed by atoms with Crippen LogP contribution in [0, 0.1) is 0 Å². The Kier molecular flexibility index (Phi) is 5.19. The van der Waals surface area contributed by atoms with Crippen molar-refractivity contribution >= 4 is 5.91 Å². The number of carbonyl (C=O) groups is 1. The van der Waals surface area contributed by atoms with E-state index in [9.17, 15) is 4.79 Å². The lowest BCUT2D eigenvalue weighted by Gasteiger charge is -2.27. The third-order valence-electron chi connectivity index (χ3n) is 5.32. The van der Waals surface area contributed by atoms with Crippen LogP contribution in [0.25, 0.3) is 0 Å². The zero-order valence-corrected chi connectivity index (χ0v) is 15.6. The van der Waals surface area contributed by atoms with Crippen LogP contribution in [0.3, 0.4) is 0 Å². The van der Waals surface area contributed by atoms with Gasteiger partial charge in [-0.3, -0.25) is 4.79 Å². The molecule has 142 valence electrons. The van der Waals surface area contributed by atoms with Gasteiger partial charge in [-0.1, -0.05) is 24.3 Å². The average Bonchev–Trinajstić information content (AvgIpc) is 3.22. The lowest BCUT2D eigenvalue weighted by Crippen LogP contribution is -2.30. The van der Waals surface area contributed by atoms with Gasteiger partial charge in [-0.15, -0.1) is 0 Å². The summed E-state index contributed by atoms with van der Waals surface area (Å²) in [5.41, 5.74) is 2.20. The second kappa shape index (κ2) is 7.91. The molecular weight excluding hydrogens is 342 g/mol. The fourth-order valence-electron chi connectivity index (χ4n) is 3.97. The SMILES string of the molecule is COc1ccccc1CCC(=O)N1CCCC1c1ccc2c(c1)OCCO2. The van der Waals surface area contributed by atoms with Crippen molar-refractivity contribution in [3.8, 4) is 17.2 Å². The van der Waals surface area contributed by atoms with E-state index in [2.05, 4.69) is 6.07 Å². The molecule has 0 N–H and O–H groups in total. The first-order valence-electron chi connectivity index (χ1n) is 9.57. The molecule has 2 heterocycles. The van der Waals surface area contributed by atoms with Crippen molar-refractivity contribution in [1.29, 1.82) is 0 Å². The fourth-order valence-corrected chi connectivity index (χ4v) is 3.97. The molecule has 0 saturated carbocycles. The highest BCUT2D eigenvalue weighted by Gasteiger charge is 2.30. The number of ether oxygens (including phenoxy) is 3. The molecule has 0 aromatic heterocycles. The Morgan fingerprint density at radius 3 is 2.81 bits per heavy atom. The number of carbonyl (C=O) groups excluding carboxylic acids is 1. The smallest absolute Gasteiger partial charge is 0.223 e. The van der Waals surface area contributed by atoms with Gasteiger partial charge in [0.1, 0.15) is 19.0 Å². The Morgan fingerprint density at radius 1 is 1.15 bits per heavy atom. The summed E-state index contributed by atoms with van der Waals surface area (Å²) in [7, 11) is 1.67. The largest absolute Gasteiger partial charge is 0.496 e. The number of nitrogens with zero attached hydrogens (tertiary/aromatic N) is 1. The van der Waals surface area contributed by atoms with Crippen LogP contribution >= 0.6 is 0 Å². The molecule has 4 rings (SSSR count). The molecule has 27 heavy (non-hydrogen) atoms. The minimum absolute atomic E-state index is 0.117. The van der Waals surface area contributed by atoms with E-state index < -0.39 is 0 Å². The molecule has 2 aliphatic heterocycles. The summed E-state index contributed by atoms with van der Waals surface area (Å²) < 4.78 is 16.7. The van der Waals surface area contributed by atoms with E-state index in [0.717, 1.165) is 47.8 Å². The second-order valence-electron chi connectivity index (χ2n) is 6.96. The van der Waals surface area contributed by atoms with Crippen molar-refractivity contribution in [2.24, 2.45) is 0 Å². The average molecular weight is 367 g/mol.